The molecule has 0 aliphatic heterocycles. The standard InChI is InChI=1S/C14H17BrFNO4/c1-5-20-12(18)9(13(19)21-14(2,3)4)11-10(16)8(15)6-7-17-11/h6-7,9H,5H2,1-4H3. The molecule has 1 unspecified atom stereocenters. The van der Waals surface area contributed by atoms with Crippen molar-refractivity contribution in [3.05, 3.63) is 28.2 Å². The summed E-state index contributed by atoms with van der Waals surface area (Å²) in [6.07, 6.45) is 1.29. The Hall–Kier alpha value is -1.50. The van der Waals surface area contributed by atoms with Crippen LogP contribution in [-0.2, 0) is 19.1 Å². The first-order valence-electron chi connectivity index (χ1n) is 6.36. The minimum atomic E-state index is -1.55. The van der Waals surface area contributed by atoms with Gasteiger partial charge in [0.15, 0.2) is 11.7 Å². The normalized spacial score (nSPS) is 12.7. The van der Waals surface area contributed by atoms with Gasteiger partial charge in [0.05, 0.1) is 11.1 Å². The molecule has 1 atom stereocenters. The van der Waals surface area contributed by atoms with Gasteiger partial charge in [-0.2, -0.15) is 0 Å². The van der Waals surface area contributed by atoms with Gasteiger partial charge in [0, 0.05) is 6.20 Å². The third-order valence-electron chi connectivity index (χ3n) is 2.31. The van der Waals surface area contributed by atoms with Gasteiger partial charge >= 0.3 is 11.9 Å². The Morgan fingerprint density at radius 1 is 1.38 bits per heavy atom. The second kappa shape index (κ2) is 6.98. The smallest absolute Gasteiger partial charge is 0.327 e. The highest BCUT2D eigenvalue weighted by molar-refractivity contribution is 9.10. The maximum Gasteiger partial charge on any atom is 0.327 e. The fourth-order valence-electron chi connectivity index (χ4n) is 1.54. The van der Waals surface area contributed by atoms with Crippen molar-refractivity contribution in [3.8, 4) is 0 Å². The van der Waals surface area contributed by atoms with Crippen molar-refractivity contribution in [1.29, 1.82) is 0 Å². The van der Waals surface area contributed by atoms with Crippen LogP contribution in [-0.4, -0.2) is 29.1 Å². The number of esters is 2. The molecule has 1 rings (SSSR count). The lowest BCUT2D eigenvalue weighted by atomic mass is 10.0. The molecule has 0 aliphatic rings. The van der Waals surface area contributed by atoms with Crippen molar-refractivity contribution < 1.29 is 23.5 Å². The van der Waals surface area contributed by atoms with Gasteiger partial charge in [0.1, 0.15) is 11.3 Å². The van der Waals surface area contributed by atoms with Crippen LogP contribution >= 0.6 is 15.9 Å². The monoisotopic (exact) mass is 361 g/mol. The van der Waals surface area contributed by atoms with Crippen molar-refractivity contribution in [2.45, 2.75) is 39.2 Å². The molecule has 0 aliphatic carbocycles. The second-order valence-electron chi connectivity index (χ2n) is 5.21. The lowest BCUT2D eigenvalue weighted by molar-refractivity contribution is -0.164. The first kappa shape index (κ1) is 17.6. The Balaban J connectivity index is 3.23. The van der Waals surface area contributed by atoms with E-state index in [2.05, 4.69) is 20.9 Å². The predicted molar refractivity (Wildman–Crippen MR) is 77.1 cm³/mol. The van der Waals surface area contributed by atoms with E-state index in [0.29, 0.717) is 0 Å². The van der Waals surface area contributed by atoms with E-state index in [9.17, 15) is 14.0 Å². The highest BCUT2D eigenvalue weighted by Crippen LogP contribution is 2.26. The van der Waals surface area contributed by atoms with Gasteiger partial charge < -0.3 is 9.47 Å². The first-order chi connectivity index (χ1) is 9.67. The summed E-state index contributed by atoms with van der Waals surface area (Å²) >= 11 is 2.99. The van der Waals surface area contributed by atoms with Crippen molar-refractivity contribution >= 4 is 27.9 Å². The average Bonchev–Trinajstić information content (AvgIpc) is 2.33. The van der Waals surface area contributed by atoms with Crippen LogP contribution in [0.2, 0.25) is 0 Å². The van der Waals surface area contributed by atoms with Gasteiger partial charge in [-0.05, 0) is 49.7 Å². The molecule has 116 valence electrons. The van der Waals surface area contributed by atoms with Crippen molar-refractivity contribution in [3.63, 3.8) is 0 Å². The number of halogens is 2. The minimum Gasteiger partial charge on any atom is -0.465 e. The van der Waals surface area contributed by atoms with Crippen LogP contribution < -0.4 is 0 Å². The van der Waals surface area contributed by atoms with Crippen LogP contribution in [0.4, 0.5) is 4.39 Å². The van der Waals surface area contributed by atoms with Gasteiger partial charge in [-0.25, -0.2) is 4.39 Å². The number of rotatable bonds is 4. The van der Waals surface area contributed by atoms with E-state index in [1.54, 1.807) is 27.7 Å². The molecule has 0 fully saturated rings. The molecule has 0 amide bonds. The van der Waals surface area contributed by atoms with Crippen molar-refractivity contribution in [2.24, 2.45) is 0 Å². The second-order valence-corrected chi connectivity index (χ2v) is 6.06. The fourth-order valence-corrected chi connectivity index (χ4v) is 1.86. The number of ether oxygens (including phenoxy) is 2. The molecular weight excluding hydrogens is 345 g/mol. The Labute approximate surface area is 131 Å². The van der Waals surface area contributed by atoms with E-state index in [-0.39, 0.29) is 16.8 Å². The molecule has 0 bridgehead atoms. The molecule has 1 aromatic heterocycles. The van der Waals surface area contributed by atoms with Crippen molar-refractivity contribution in [2.75, 3.05) is 6.61 Å². The summed E-state index contributed by atoms with van der Waals surface area (Å²) in [4.78, 5) is 28.0. The predicted octanol–water partition coefficient (Wildman–Crippen LogP) is 2.97. The number of hydrogen-bond donors (Lipinski definition) is 0. The van der Waals surface area contributed by atoms with Gasteiger partial charge in [-0.1, -0.05) is 0 Å². The number of carbonyl (C=O) groups excluding carboxylic acids is 2. The van der Waals surface area contributed by atoms with Gasteiger partial charge in [0.2, 0.25) is 0 Å². The maximum atomic E-state index is 14.1. The van der Waals surface area contributed by atoms with E-state index in [1.807, 2.05) is 0 Å². The largest absolute Gasteiger partial charge is 0.465 e. The van der Waals surface area contributed by atoms with E-state index in [0.717, 1.165) is 0 Å². The first-order valence-corrected chi connectivity index (χ1v) is 7.16. The lowest BCUT2D eigenvalue weighted by Gasteiger charge is -2.23. The molecule has 0 spiro atoms. The van der Waals surface area contributed by atoms with Crippen LogP contribution in [0, 0.1) is 5.82 Å². The minimum absolute atomic E-state index is 0.0632. The van der Waals surface area contributed by atoms with Crippen molar-refractivity contribution in [1.82, 2.24) is 4.98 Å². The third-order valence-corrected chi connectivity index (χ3v) is 2.92. The van der Waals surface area contributed by atoms with E-state index < -0.39 is 29.3 Å². The van der Waals surface area contributed by atoms with Crippen LogP contribution in [0.1, 0.15) is 39.3 Å². The Kier molecular flexibility index (Phi) is 5.83. The highest BCUT2D eigenvalue weighted by atomic mass is 79.9. The maximum absolute atomic E-state index is 14.1. The van der Waals surface area contributed by atoms with Crippen LogP contribution in [0.25, 0.3) is 0 Å². The molecule has 1 aromatic rings. The summed E-state index contributed by atoms with van der Waals surface area (Å²) in [6, 6.07) is 1.37. The Morgan fingerprint density at radius 2 is 2.00 bits per heavy atom. The molecular formula is C14H17BrFNO4. The molecule has 0 saturated heterocycles. The molecule has 7 heteroatoms. The molecule has 0 aromatic carbocycles. The molecule has 0 N–H and O–H groups in total. The Morgan fingerprint density at radius 3 is 2.52 bits per heavy atom. The topological polar surface area (TPSA) is 65.5 Å². The molecule has 0 saturated carbocycles. The molecule has 5 nitrogen and oxygen atoms in total. The SMILES string of the molecule is CCOC(=O)C(C(=O)OC(C)(C)C)c1nccc(Br)c1F. The number of pyridine rings is 1. The van der Waals surface area contributed by atoms with E-state index in [4.69, 9.17) is 9.47 Å². The van der Waals surface area contributed by atoms with E-state index in [1.165, 1.54) is 12.3 Å². The number of hydrogen-bond acceptors (Lipinski definition) is 5. The third kappa shape index (κ3) is 4.77. The van der Waals surface area contributed by atoms with Crippen LogP contribution in [0.3, 0.4) is 0 Å². The summed E-state index contributed by atoms with van der Waals surface area (Å²) in [6.45, 7) is 6.61. The summed E-state index contributed by atoms with van der Waals surface area (Å²) in [5, 5.41) is 0. The Bertz CT molecular complexity index is 542. The number of nitrogens with zero attached hydrogens (tertiary/aromatic N) is 1. The molecule has 21 heavy (non-hydrogen) atoms. The zero-order valence-corrected chi connectivity index (χ0v) is 13.9. The molecule has 1 heterocycles. The zero-order valence-electron chi connectivity index (χ0n) is 12.3. The number of carbonyl (C=O) groups is 2. The van der Waals surface area contributed by atoms with Gasteiger partial charge in [0.25, 0.3) is 0 Å². The summed E-state index contributed by atoms with van der Waals surface area (Å²) in [5.74, 6) is -4.13. The van der Waals surface area contributed by atoms with Gasteiger partial charge in [-0.15, -0.1) is 0 Å². The molecule has 0 radical (unpaired) electrons. The quantitative estimate of drug-likeness (QED) is 0.609. The number of aromatic nitrogens is 1. The summed E-state index contributed by atoms with van der Waals surface area (Å²) in [7, 11) is 0. The van der Waals surface area contributed by atoms with E-state index >= 15 is 0 Å². The summed E-state index contributed by atoms with van der Waals surface area (Å²) < 4.78 is 24.2. The van der Waals surface area contributed by atoms with Crippen LogP contribution in [0.5, 0.6) is 0 Å². The average molecular weight is 362 g/mol. The lowest BCUT2D eigenvalue weighted by Crippen LogP contribution is -2.33. The fraction of sp³-hybridized carbons (Fsp3) is 0.500. The summed E-state index contributed by atoms with van der Waals surface area (Å²) in [5.41, 5.74) is -1.14. The van der Waals surface area contributed by atoms with Crippen LogP contribution in [0.15, 0.2) is 16.7 Å². The highest BCUT2D eigenvalue weighted by Gasteiger charge is 2.37. The zero-order chi connectivity index (χ0) is 16.2. The van der Waals surface area contributed by atoms with Gasteiger partial charge in [-0.3, -0.25) is 14.6 Å².